The van der Waals surface area contributed by atoms with Crippen LogP contribution < -0.4 is 0 Å². The van der Waals surface area contributed by atoms with Crippen LogP contribution in [-0.4, -0.2) is 5.78 Å². The Balaban J connectivity index is 2.86. The Morgan fingerprint density at radius 2 is 2.13 bits per heavy atom. The van der Waals surface area contributed by atoms with Gasteiger partial charge < -0.3 is 0 Å². The predicted molar refractivity (Wildman–Crippen MR) is 64.7 cm³/mol. The smallest absolute Gasteiger partial charge is 0.139 e. The molecule has 1 aliphatic carbocycles. The summed E-state index contributed by atoms with van der Waals surface area (Å²) in [5.41, 5.74) is 0.0837. The van der Waals surface area contributed by atoms with Gasteiger partial charge >= 0.3 is 0 Å². The van der Waals surface area contributed by atoms with Crippen molar-refractivity contribution in [3.05, 3.63) is 12.7 Å². The summed E-state index contributed by atoms with van der Waals surface area (Å²) >= 11 is 0. The zero-order chi connectivity index (χ0) is 11.7. The summed E-state index contributed by atoms with van der Waals surface area (Å²) in [4.78, 5) is 11.7. The molecule has 1 fully saturated rings. The van der Waals surface area contributed by atoms with Crippen LogP contribution in [0.1, 0.15) is 53.4 Å². The highest BCUT2D eigenvalue weighted by molar-refractivity contribution is 5.84. The molecule has 2 unspecified atom stereocenters. The van der Waals surface area contributed by atoms with Gasteiger partial charge in [-0.15, -0.1) is 6.58 Å². The second-order valence-electron chi connectivity index (χ2n) is 6.00. The van der Waals surface area contributed by atoms with Crippen molar-refractivity contribution < 1.29 is 4.79 Å². The van der Waals surface area contributed by atoms with Crippen molar-refractivity contribution in [1.82, 2.24) is 0 Å². The number of hydrogen-bond donors (Lipinski definition) is 0. The molecular weight excluding hydrogens is 184 g/mol. The highest BCUT2D eigenvalue weighted by Gasteiger charge is 2.40. The van der Waals surface area contributed by atoms with E-state index in [4.69, 9.17) is 0 Å². The molecule has 15 heavy (non-hydrogen) atoms. The van der Waals surface area contributed by atoms with Crippen molar-refractivity contribution in [2.24, 2.45) is 16.7 Å². The normalized spacial score (nSPS) is 29.2. The first kappa shape index (κ1) is 12.5. The maximum atomic E-state index is 11.7. The molecule has 0 amide bonds. The van der Waals surface area contributed by atoms with E-state index in [-0.39, 0.29) is 11.2 Å². The number of ketones is 1. The number of Topliss-reactive ketones (excluding diaryl/α,β-unsaturated/α-hetero) is 1. The summed E-state index contributed by atoms with van der Waals surface area (Å²) in [5, 5.41) is 0. The van der Waals surface area contributed by atoms with E-state index in [2.05, 4.69) is 27.4 Å². The SMILES string of the molecule is C=CC(C)(C(C)=O)C1CCCC(C)(C)C1. The quantitative estimate of drug-likeness (QED) is 0.641. The molecule has 1 heteroatoms. The van der Waals surface area contributed by atoms with Crippen LogP contribution in [0.25, 0.3) is 0 Å². The average Bonchev–Trinajstić information content (AvgIpc) is 2.14. The highest BCUT2D eigenvalue weighted by atomic mass is 16.1. The number of rotatable bonds is 3. The van der Waals surface area contributed by atoms with E-state index in [0.29, 0.717) is 11.3 Å². The van der Waals surface area contributed by atoms with Crippen molar-refractivity contribution in [2.75, 3.05) is 0 Å². The maximum Gasteiger partial charge on any atom is 0.139 e. The average molecular weight is 208 g/mol. The molecule has 1 nitrogen and oxygen atoms in total. The number of carbonyl (C=O) groups is 1. The van der Waals surface area contributed by atoms with Crippen LogP contribution in [0.3, 0.4) is 0 Å². The van der Waals surface area contributed by atoms with Crippen LogP contribution in [0.4, 0.5) is 0 Å². The molecule has 1 saturated carbocycles. The first-order valence-electron chi connectivity index (χ1n) is 5.96. The van der Waals surface area contributed by atoms with Crippen LogP contribution in [0, 0.1) is 16.7 Å². The highest BCUT2D eigenvalue weighted by Crippen LogP contribution is 2.46. The van der Waals surface area contributed by atoms with Crippen LogP contribution in [0.15, 0.2) is 12.7 Å². The van der Waals surface area contributed by atoms with Gasteiger partial charge in [0.05, 0.1) is 0 Å². The van der Waals surface area contributed by atoms with Gasteiger partial charge in [-0.1, -0.05) is 26.3 Å². The lowest BCUT2D eigenvalue weighted by atomic mass is 9.61. The van der Waals surface area contributed by atoms with E-state index in [0.717, 1.165) is 6.42 Å². The molecule has 0 saturated heterocycles. The zero-order valence-electron chi connectivity index (χ0n) is 10.6. The van der Waals surface area contributed by atoms with E-state index in [9.17, 15) is 4.79 Å². The Bertz CT molecular complexity index is 265. The summed E-state index contributed by atoms with van der Waals surface area (Å²) in [7, 11) is 0. The van der Waals surface area contributed by atoms with E-state index in [1.165, 1.54) is 19.3 Å². The van der Waals surface area contributed by atoms with Gasteiger partial charge in [0, 0.05) is 5.41 Å². The zero-order valence-corrected chi connectivity index (χ0v) is 10.6. The summed E-state index contributed by atoms with van der Waals surface area (Å²) < 4.78 is 0. The third kappa shape index (κ3) is 2.50. The molecule has 1 aliphatic rings. The second kappa shape index (κ2) is 4.11. The van der Waals surface area contributed by atoms with E-state index in [1.54, 1.807) is 6.92 Å². The molecule has 0 aromatic rings. The maximum absolute atomic E-state index is 11.7. The number of hydrogen-bond acceptors (Lipinski definition) is 1. The lowest BCUT2D eigenvalue weighted by molar-refractivity contribution is -0.127. The Morgan fingerprint density at radius 1 is 1.53 bits per heavy atom. The summed E-state index contributed by atoms with van der Waals surface area (Å²) in [6, 6.07) is 0. The molecule has 1 rings (SSSR count). The van der Waals surface area contributed by atoms with E-state index < -0.39 is 0 Å². The third-order valence-electron chi connectivity index (χ3n) is 4.24. The number of allylic oxidation sites excluding steroid dienone is 1. The monoisotopic (exact) mass is 208 g/mol. The van der Waals surface area contributed by atoms with Crippen LogP contribution in [0.2, 0.25) is 0 Å². The fourth-order valence-electron chi connectivity index (χ4n) is 2.81. The van der Waals surface area contributed by atoms with E-state index in [1.807, 2.05) is 6.08 Å². The van der Waals surface area contributed by atoms with E-state index >= 15 is 0 Å². The Hall–Kier alpha value is -0.590. The van der Waals surface area contributed by atoms with Crippen LogP contribution in [0.5, 0.6) is 0 Å². The molecule has 0 radical (unpaired) electrons. The Labute approximate surface area is 93.9 Å². The topological polar surface area (TPSA) is 17.1 Å². The van der Waals surface area contributed by atoms with Gasteiger partial charge in [-0.2, -0.15) is 0 Å². The van der Waals surface area contributed by atoms with Gasteiger partial charge in [-0.25, -0.2) is 0 Å². The minimum absolute atomic E-state index is 0.264. The second-order valence-corrected chi connectivity index (χ2v) is 6.00. The molecule has 2 atom stereocenters. The van der Waals surface area contributed by atoms with Gasteiger partial charge in [-0.05, 0) is 44.4 Å². The molecule has 0 N–H and O–H groups in total. The minimum atomic E-state index is -0.308. The van der Waals surface area contributed by atoms with Crippen LogP contribution >= 0.6 is 0 Å². The first-order chi connectivity index (χ1) is 6.82. The molecule has 0 aliphatic heterocycles. The Morgan fingerprint density at radius 3 is 2.53 bits per heavy atom. The summed E-state index contributed by atoms with van der Waals surface area (Å²) in [6.07, 6.45) is 6.71. The predicted octanol–water partition coefficient (Wildman–Crippen LogP) is 3.98. The standard InChI is InChI=1S/C14H24O/c1-6-14(5,11(2)15)12-8-7-9-13(3,4)10-12/h6,12H,1,7-10H2,2-5H3. The molecule has 0 spiro atoms. The first-order valence-corrected chi connectivity index (χ1v) is 5.96. The third-order valence-corrected chi connectivity index (χ3v) is 4.24. The molecule has 0 aromatic carbocycles. The minimum Gasteiger partial charge on any atom is -0.299 e. The Kier molecular flexibility index (Phi) is 3.42. The summed E-state index contributed by atoms with van der Waals surface area (Å²) in [5.74, 6) is 0.747. The van der Waals surface area contributed by atoms with Crippen molar-refractivity contribution in [3.8, 4) is 0 Å². The fourth-order valence-corrected chi connectivity index (χ4v) is 2.81. The fraction of sp³-hybridized carbons (Fsp3) is 0.786. The molecule has 0 heterocycles. The van der Waals surface area contributed by atoms with Gasteiger partial charge in [0.1, 0.15) is 5.78 Å². The van der Waals surface area contributed by atoms with Crippen molar-refractivity contribution in [2.45, 2.75) is 53.4 Å². The summed E-state index contributed by atoms with van der Waals surface area (Å²) in [6.45, 7) is 12.2. The number of carbonyl (C=O) groups excluding carboxylic acids is 1. The van der Waals surface area contributed by atoms with Gasteiger partial charge in [0.2, 0.25) is 0 Å². The van der Waals surface area contributed by atoms with Crippen molar-refractivity contribution >= 4 is 5.78 Å². The molecule has 0 bridgehead atoms. The molecule has 86 valence electrons. The largest absolute Gasteiger partial charge is 0.299 e. The lowest BCUT2D eigenvalue weighted by Crippen LogP contribution is -2.37. The lowest BCUT2D eigenvalue weighted by Gasteiger charge is -2.42. The van der Waals surface area contributed by atoms with Crippen molar-refractivity contribution in [1.29, 1.82) is 0 Å². The van der Waals surface area contributed by atoms with Gasteiger partial charge in [-0.3, -0.25) is 4.79 Å². The van der Waals surface area contributed by atoms with Crippen LogP contribution in [-0.2, 0) is 4.79 Å². The molecular formula is C14H24O. The van der Waals surface area contributed by atoms with Gasteiger partial charge in [0.15, 0.2) is 0 Å². The van der Waals surface area contributed by atoms with Crippen molar-refractivity contribution in [3.63, 3.8) is 0 Å². The van der Waals surface area contributed by atoms with Gasteiger partial charge in [0.25, 0.3) is 0 Å². The molecule has 0 aromatic heterocycles.